The number of azo groups is 1. The largest absolute Gasteiger partial charge is 0.160 e. The molecule has 32 valence electrons. The highest BCUT2D eigenvalue weighted by Gasteiger charge is 1.46. The van der Waals surface area contributed by atoms with E-state index in [0.717, 1.165) is 0 Å². The van der Waals surface area contributed by atoms with Crippen LogP contribution in [0.15, 0.2) is 35.8 Å². The molecule has 0 unspecified atom stereocenters. The van der Waals surface area contributed by atoms with E-state index in [4.69, 9.17) is 0 Å². The zero-order valence-corrected chi connectivity index (χ0v) is 3.46. The first-order valence-electron chi connectivity index (χ1n) is 1.53. The molecule has 0 saturated carbocycles. The second-order valence-corrected chi connectivity index (χ2v) is 0.596. The van der Waals surface area contributed by atoms with E-state index in [0.29, 0.717) is 0 Å². The highest BCUT2D eigenvalue weighted by Crippen LogP contribution is 1.71. The molecular formula is C4H6N2. The molecule has 0 aliphatic rings. The molecule has 0 fully saturated rings. The zero-order valence-electron chi connectivity index (χ0n) is 3.46. The Morgan fingerprint density at radius 2 is 1.33 bits per heavy atom. The Kier molecular flexibility index (Phi) is 3.45. The van der Waals surface area contributed by atoms with Crippen LogP contribution in [0.3, 0.4) is 0 Å². The van der Waals surface area contributed by atoms with Crippen LogP contribution in [0.5, 0.6) is 0 Å². The first kappa shape index (κ1) is 5.08. The van der Waals surface area contributed by atoms with E-state index in [1.54, 1.807) is 0 Å². The molecule has 0 aliphatic heterocycles. The lowest BCUT2D eigenvalue weighted by molar-refractivity contribution is 1.24. The van der Waals surface area contributed by atoms with Gasteiger partial charge in [0.1, 0.15) is 0 Å². The van der Waals surface area contributed by atoms with Gasteiger partial charge in [-0.05, 0) is 0 Å². The molecule has 0 aromatic carbocycles. The van der Waals surface area contributed by atoms with Gasteiger partial charge < -0.3 is 0 Å². The fraction of sp³-hybridized carbons (Fsp3) is 0. The van der Waals surface area contributed by atoms with Crippen molar-refractivity contribution in [3.8, 4) is 0 Å². The van der Waals surface area contributed by atoms with Crippen molar-refractivity contribution in [2.75, 3.05) is 0 Å². The lowest BCUT2D eigenvalue weighted by Gasteiger charge is -1.62. The molecular weight excluding hydrogens is 76.1 g/mol. The van der Waals surface area contributed by atoms with Crippen LogP contribution in [0.25, 0.3) is 0 Å². The van der Waals surface area contributed by atoms with Crippen molar-refractivity contribution in [3.05, 3.63) is 25.6 Å². The van der Waals surface area contributed by atoms with Gasteiger partial charge in [-0.25, -0.2) is 0 Å². The van der Waals surface area contributed by atoms with Crippen LogP contribution in [0.2, 0.25) is 0 Å². The smallest absolute Gasteiger partial charge is 0.0423 e. The topological polar surface area (TPSA) is 24.7 Å². The van der Waals surface area contributed by atoms with Crippen LogP contribution in [0, 0.1) is 0 Å². The lowest BCUT2D eigenvalue weighted by Crippen LogP contribution is -1.36. The number of hydrogen-bond acceptors (Lipinski definition) is 2. The standard InChI is InChI=1S/C4H6N2/c1-3-5-6-4-2/h3-4H,1-2H2. The van der Waals surface area contributed by atoms with Gasteiger partial charge in [-0.3, -0.25) is 0 Å². The van der Waals surface area contributed by atoms with Gasteiger partial charge in [0, 0.05) is 12.4 Å². The van der Waals surface area contributed by atoms with Crippen molar-refractivity contribution in [1.82, 2.24) is 0 Å². The molecule has 2 heteroatoms. The maximum atomic E-state index is 3.36. The zero-order chi connectivity index (χ0) is 4.83. The summed E-state index contributed by atoms with van der Waals surface area (Å²) >= 11 is 0. The van der Waals surface area contributed by atoms with Crippen LogP contribution in [0.1, 0.15) is 0 Å². The van der Waals surface area contributed by atoms with E-state index in [9.17, 15) is 0 Å². The van der Waals surface area contributed by atoms with E-state index >= 15 is 0 Å². The van der Waals surface area contributed by atoms with E-state index in [1.165, 1.54) is 12.4 Å². The van der Waals surface area contributed by atoms with Crippen molar-refractivity contribution < 1.29 is 0 Å². The van der Waals surface area contributed by atoms with Gasteiger partial charge in [0.05, 0.1) is 0 Å². The maximum absolute atomic E-state index is 3.36. The Labute approximate surface area is 36.9 Å². The minimum Gasteiger partial charge on any atom is -0.160 e. The highest BCUT2D eigenvalue weighted by atomic mass is 15.1. The molecule has 2 nitrogen and oxygen atoms in total. The Balaban J connectivity index is 3.17. The summed E-state index contributed by atoms with van der Waals surface area (Å²) in [6, 6.07) is 0. The first-order valence-corrected chi connectivity index (χ1v) is 1.53. The van der Waals surface area contributed by atoms with Gasteiger partial charge >= 0.3 is 0 Å². The quantitative estimate of drug-likeness (QED) is 0.453. The molecule has 0 radical (unpaired) electrons. The Morgan fingerprint density at radius 1 is 1.00 bits per heavy atom. The average molecular weight is 82.1 g/mol. The molecule has 0 aromatic rings. The summed E-state index contributed by atoms with van der Waals surface area (Å²) in [5.41, 5.74) is 0. The third-order valence-corrected chi connectivity index (χ3v) is 0.230. The number of hydrogen-bond donors (Lipinski definition) is 0. The predicted octanol–water partition coefficient (Wildman–Crippen LogP) is 1.73. The van der Waals surface area contributed by atoms with Crippen LogP contribution in [-0.2, 0) is 0 Å². The van der Waals surface area contributed by atoms with Crippen LogP contribution in [-0.4, -0.2) is 0 Å². The van der Waals surface area contributed by atoms with E-state index in [1.807, 2.05) is 0 Å². The summed E-state index contributed by atoms with van der Waals surface area (Å²) in [6.45, 7) is 6.58. The van der Waals surface area contributed by atoms with Gasteiger partial charge in [0.2, 0.25) is 0 Å². The van der Waals surface area contributed by atoms with Gasteiger partial charge in [-0.2, -0.15) is 10.2 Å². The first-order chi connectivity index (χ1) is 2.91. The summed E-state index contributed by atoms with van der Waals surface area (Å²) in [4.78, 5) is 0. The van der Waals surface area contributed by atoms with Crippen LogP contribution < -0.4 is 0 Å². The molecule has 6 heavy (non-hydrogen) atoms. The number of nitrogens with zero attached hydrogens (tertiary/aromatic N) is 2. The Bertz CT molecular complexity index is 63.6. The fourth-order valence-electron chi connectivity index (χ4n) is 0.0943. The van der Waals surface area contributed by atoms with Gasteiger partial charge in [-0.15, -0.1) is 0 Å². The van der Waals surface area contributed by atoms with Crippen LogP contribution >= 0.6 is 0 Å². The van der Waals surface area contributed by atoms with Gasteiger partial charge in [0.15, 0.2) is 0 Å². The molecule has 0 spiro atoms. The van der Waals surface area contributed by atoms with E-state index in [-0.39, 0.29) is 0 Å². The second-order valence-electron chi connectivity index (χ2n) is 0.596. The minimum atomic E-state index is 1.35. The molecule has 0 heterocycles. The van der Waals surface area contributed by atoms with E-state index < -0.39 is 0 Å². The third kappa shape index (κ3) is 3.08. The summed E-state index contributed by atoms with van der Waals surface area (Å²) in [6.07, 6.45) is 2.70. The predicted molar refractivity (Wildman–Crippen MR) is 25.2 cm³/mol. The maximum Gasteiger partial charge on any atom is 0.0423 e. The van der Waals surface area contributed by atoms with Gasteiger partial charge in [0.25, 0.3) is 0 Å². The average Bonchev–Trinajstić information content (AvgIpc) is 1.61. The van der Waals surface area contributed by atoms with Crippen LogP contribution in [0.4, 0.5) is 0 Å². The minimum absolute atomic E-state index is 1.35. The highest BCUT2D eigenvalue weighted by molar-refractivity contribution is 4.63. The van der Waals surface area contributed by atoms with Crippen molar-refractivity contribution in [2.45, 2.75) is 0 Å². The molecule has 0 aliphatic carbocycles. The molecule has 0 aromatic heterocycles. The molecule has 0 amide bonds. The normalized spacial score (nSPS) is 8.67. The molecule has 0 rings (SSSR count). The Morgan fingerprint density at radius 3 is 1.50 bits per heavy atom. The molecule has 0 saturated heterocycles. The summed E-state index contributed by atoms with van der Waals surface area (Å²) in [5.74, 6) is 0. The fourth-order valence-corrected chi connectivity index (χ4v) is 0.0943. The van der Waals surface area contributed by atoms with Crippen molar-refractivity contribution in [2.24, 2.45) is 10.2 Å². The molecule has 0 N–H and O–H groups in total. The lowest BCUT2D eigenvalue weighted by atomic mass is 11.0. The van der Waals surface area contributed by atoms with Crippen molar-refractivity contribution in [1.29, 1.82) is 0 Å². The summed E-state index contributed by atoms with van der Waals surface area (Å²) in [7, 11) is 0. The molecule has 0 bridgehead atoms. The van der Waals surface area contributed by atoms with E-state index in [2.05, 4.69) is 23.4 Å². The van der Waals surface area contributed by atoms with Gasteiger partial charge in [-0.1, -0.05) is 13.2 Å². The number of rotatable bonds is 2. The van der Waals surface area contributed by atoms with Crippen molar-refractivity contribution in [3.63, 3.8) is 0 Å². The second kappa shape index (κ2) is 4.08. The Hall–Kier alpha value is -0.920. The summed E-state index contributed by atoms with van der Waals surface area (Å²) < 4.78 is 0. The third-order valence-electron chi connectivity index (χ3n) is 0.230. The monoisotopic (exact) mass is 82.1 g/mol. The van der Waals surface area contributed by atoms with Crippen molar-refractivity contribution >= 4 is 0 Å². The SMILES string of the molecule is C=CN=NC=C. The molecule has 0 atom stereocenters. The summed E-state index contributed by atoms with van der Waals surface area (Å²) in [5, 5.41) is 6.72.